The van der Waals surface area contributed by atoms with E-state index in [1.165, 1.54) is 16.0 Å². The van der Waals surface area contributed by atoms with Gasteiger partial charge in [-0.05, 0) is 42.4 Å². The number of likely N-dealkylation sites (N-methyl/N-ethyl adjacent to an activating group) is 1. The summed E-state index contributed by atoms with van der Waals surface area (Å²) in [4.78, 5) is 3.58. The van der Waals surface area contributed by atoms with Gasteiger partial charge in [0.1, 0.15) is 0 Å². The first-order valence-electron chi connectivity index (χ1n) is 8.01. The van der Waals surface area contributed by atoms with Crippen molar-refractivity contribution in [1.82, 2.24) is 5.32 Å². The number of quaternary nitrogens is 1. The number of benzene rings is 2. The highest BCUT2D eigenvalue weighted by Crippen LogP contribution is 2.19. The highest BCUT2D eigenvalue weighted by atomic mass is 32.1. The molecule has 2 N–H and O–H groups in total. The second-order valence-electron chi connectivity index (χ2n) is 6.10. The van der Waals surface area contributed by atoms with E-state index in [4.69, 9.17) is 12.2 Å². The lowest BCUT2D eigenvalue weighted by Gasteiger charge is -2.26. The summed E-state index contributed by atoms with van der Waals surface area (Å²) in [5, 5.41) is 4.17. The first kappa shape index (κ1) is 17.4. The normalized spacial score (nSPS) is 10.6. The fraction of sp³-hybridized carbons (Fsp3) is 0.316. The molecule has 0 bridgehead atoms. The Bertz CT molecular complexity index is 626. The van der Waals surface area contributed by atoms with E-state index in [2.05, 4.69) is 79.8 Å². The third kappa shape index (κ3) is 5.66. The quantitative estimate of drug-likeness (QED) is 0.792. The van der Waals surface area contributed by atoms with Gasteiger partial charge in [-0.3, -0.25) is 0 Å². The van der Waals surface area contributed by atoms with Crippen LogP contribution in [0.25, 0.3) is 0 Å². The SMILES string of the molecule is Cc1cccc(N(Cc2ccccc2)C(=S)NCC[NH+](C)C)c1. The summed E-state index contributed by atoms with van der Waals surface area (Å²) in [5.74, 6) is 0. The Kier molecular flexibility index (Phi) is 6.56. The van der Waals surface area contributed by atoms with Gasteiger partial charge in [-0.15, -0.1) is 0 Å². The minimum Gasteiger partial charge on any atom is -0.357 e. The van der Waals surface area contributed by atoms with Crippen LogP contribution in [-0.2, 0) is 6.54 Å². The number of nitrogens with one attached hydrogen (secondary N) is 2. The molecule has 4 heteroatoms. The number of thiocarbonyl (C=S) groups is 1. The van der Waals surface area contributed by atoms with Crippen LogP contribution in [0.2, 0.25) is 0 Å². The Morgan fingerprint density at radius 2 is 1.83 bits per heavy atom. The molecule has 0 aliphatic heterocycles. The van der Waals surface area contributed by atoms with E-state index in [1.807, 2.05) is 6.07 Å². The summed E-state index contributed by atoms with van der Waals surface area (Å²) in [5.41, 5.74) is 3.61. The van der Waals surface area contributed by atoms with Gasteiger partial charge in [0, 0.05) is 5.69 Å². The van der Waals surface area contributed by atoms with Gasteiger partial charge in [-0.1, -0.05) is 42.5 Å². The summed E-state index contributed by atoms with van der Waals surface area (Å²) in [7, 11) is 4.29. The summed E-state index contributed by atoms with van der Waals surface area (Å²) in [6.07, 6.45) is 0. The third-order valence-electron chi connectivity index (χ3n) is 3.64. The van der Waals surface area contributed by atoms with Crippen molar-refractivity contribution in [2.75, 3.05) is 32.1 Å². The van der Waals surface area contributed by atoms with Gasteiger partial charge >= 0.3 is 0 Å². The number of hydrogen-bond donors (Lipinski definition) is 2. The molecule has 0 heterocycles. The lowest BCUT2D eigenvalue weighted by molar-refractivity contribution is -0.856. The molecule has 0 saturated heterocycles. The highest BCUT2D eigenvalue weighted by Gasteiger charge is 2.13. The van der Waals surface area contributed by atoms with E-state index in [-0.39, 0.29) is 0 Å². The number of rotatable bonds is 6. The van der Waals surface area contributed by atoms with Crippen LogP contribution in [0, 0.1) is 6.92 Å². The van der Waals surface area contributed by atoms with Crippen molar-refractivity contribution in [1.29, 1.82) is 0 Å². The van der Waals surface area contributed by atoms with Crippen molar-refractivity contribution in [3.63, 3.8) is 0 Å². The minimum atomic E-state index is 0.769. The fourth-order valence-electron chi connectivity index (χ4n) is 2.36. The molecule has 3 nitrogen and oxygen atoms in total. The molecule has 0 aromatic heterocycles. The van der Waals surface area contributed by atoms with Crippen molar-refractivity contribution >= 4 is 23.0 Å². The molecule has 23 heavy (non-hydrogen) atoms. The van der Waals surface area contributed by atoms with Crippen molar-refractivity contribution < 1.29 is 4.90 Å². The average molecular weight is 329 g/mol. The predicted molar refractivity (Wildman–Crippen MR) is 102 cm³/mol. The molecular formula is C19H26N3S+. The summed E-state index contributed by atoms with van der Waals surface area (Å²) < 4.78 is 0. The topological polar surface area (TPSA) is 19.7 Å². The lowest BCUT2D eigenvalue weighted by Crippen LogP contribution is -3.06. The fourth-order valence-corrected chi connectivity index (χ4v) is 2.63. The molecule has 0 amide bonds. The summed E-state index contributed by atoms with van der Waals surface area (Å²) in [6.45, 7) is 4.78. The summed E-state index contributed by atoms with van der Waals surface area (Å²) in [6, 6.07) is 18.9. The van der Waals surface area contributed by atoms with Gasteiger partial charge in [0.15, 0.2) is 5.11 Å². The van der Waals surface area contributed by atoms with E-state index in [0.717, 1.165) is 30.4 Å². The molecular weight excluding hydrogens is 302 g/mol. The molecule has 0 atom stereocenters. The molecule has 0 aliphatic carbocycles. The van der Waals surface area contributed by atoms with Crippen molar-refractivity contribution in [3.05, 3.63) is 65.7 Å². The van der Waals surface area contributed by atoms with E-state index < -0.39 is 0 Å². The number of anilines is 1. The van der Waals surface area contributed by atoms with Crippen molar-refractivity contribution in [2.45, 2.75) is 13.5 Å². The highest BCUT2D eigenvalue weighted by molar-refractivity contribution is 7.80. The van der Waals surface area contributed by atoms with Gasteiger partial charge in [0.05, 0.1) is 33.7 Å². The van der Waals surface area contributed by atoms with Gasteiger partial charge in [0.25, 0.3) is 0 Å². The van der Waals surface area contributed by atoms with Gasteiger partial charge in [-0.25, -0.2) is 0 Å². The van der Waals surface area contributed by atoms with Crippen LogP contribution in [0.4, 0.5) is 5.69 Å². The van der Waals surface area contributed by atoms with E-state index in [1.54, 1.807) is 0 Å². The van der Waals surface area contributed by atoms with Crippen LogP contribution in [0.1, 0.15) is 11.1 Å². The Morgan fingerprint density at radius 3 is 2.48 bits per heavy atom. The molecule has 2 aromatic rings. The maximum Gasteiger partial charge on any atom is 0.173 e. The van der Waals surface area contributed by atoms with Crippen LogP contribution < -0.4 is 15.1 Å². The largest absolute Gasteiger partial charge is 0.357 e. The molecule has 0 fully saturated rings. The molecule has 0 radical (unpaired) electrons. The van der Waals surface area contributed by atoms with Crippen molar-refractivity contribution in [2.24, 2.45) is 0 Å². The van der Waals surface area contributed by atoms with Crippen LogP contribution in [0.5, 0.6) is 0 Å². The number of nitrogens with zero attached hydrogens (tertiary/aromatic N) is 1. The standard InChI is InChI=1S/C19H25N3S/c1-16-8-7-11-18(14-16)22(15-17-9-5-4-6-10-17)19(23)20-12-13-21(2)3/h4-11,14H,12-13,15H2,1-3H3,(H,20,23)/p+1. The summed E-state index contributed by atoms with van der Waals surface area (Å²) >= 11 is 5.66. The van der Waals surface area contributed by atoms with E-state index >= 15 is 0 Å². The predicted octanol–water partition coefficient (Wildman–Crippen LogP) is 2.02. The Balaban J connectivity index is 2.15. The second kappa shape index (κ2) is 8.65. The second-order valence-corrected chi connectivity index (χ2v) is 6.49. The number of aryl methyl sites for hydroxylation is 1. The Labute approximate surface area is 144 Å². The minimum absolute atomic E-state index is 0.769. The first-order chi connectivity index (χ1) is 11.1. The zero-order valence-electron chi connectivity index (χ0n) is 14.2. The maximum absolute atomic E-state index is 5.66. The van der Waals surface area contributed by atoms with E-state index in [9.17, 15) is 0 Å². The monoisotopic (exact) mass is 328 g/mol. The lowest BCUT2D eigenvalue weighted by atomic mass is 10.1. The van der Waals surface area contributed by atoms with Gasteiger partial charge in [0.2, 0.25) is 0 Å². The molecule has 0 unspecified atom stereocenters. The van der Waals surface area contributed by atoms with E-state index in [0.29, 0.717) is 0 Å². The zero-order chi connectivity index (χ0) is 16.7. The average Bonchev–Trinajstić information content (AvgIpc) is 2.53. The molecule has 0 saturated carbocycles. The smallest absolute Gasteiger partial charge is 0.173 e. The van der Waals surface area contributed by atoms with Crippen molar-refractivity contribution in [3.8, 4) is 0 Å². The first-order valence-corrected chi connectivity index (χ1v) is 8.42. The van der Waals surface area contributed by atoms with Crippen LogP contribution >= 0.6 is 12.2 Å². The molecule has 2 rings (SSSR count). The third-order valence-corrected chi connectivity index (χ3v) is 4.01. The Morgan fingerprint density at radius 1 is 1.09 bits per heavy atom. The Hall–Kier alpha value is -1.91. The van der Waals surface area contributed by atoms with Gasteiger partial charge < -0.3 is 15.1 Å². The molecule has 0 spiro atoms. The number of hydrogen-bond acceptors (Lipinski definition) is 1. The molecule has 2 aromatic carbocycles. The van der Waals surface area contributed by atoms with Gasteiger partial charge in [-0.2, -0.15) is 0 Å². The van der Waals surface area contributed by atoms with Crippen LogP contribution in [-0.4, -0.2) is 32.3 Å². The molecule has 0 aliphatic rings. The zero-order valence-corrected chi connectivity index (χ0v) is 15.0. The maximum atomic E-state index is 5.66. The molecule has 122 valence electrons. The van der Waals surface area contributed by atoms with Crippen LogP contribution in [0.15, 0.2) is 54.6 Å². The van der Waals surface area contributed by atoms with Crippen LogP contribution in [0.3, 0.4) is 0 Å².